The van der Waals surface area contributed by atoms with Crippen LogP contribution in [0.1, 0.15) is 26.7 Å². The SMILES string of the molecule is CCC(CC)(CN)C(=O)Nc1ccc(N(C)C)cc1. The molecule has 0 aliphatic carbocycles. The van der Waals surface area contributed by atoms with Gasteiger partial charge in [0, 0.05) is 32.0 Å². The summed E-state index contributed by atoms with van der Waals surface area (Å²) < 4.78 is 0. The van der Waals surface area contributed by atoms with E-state index in [-0.39, 0.29) is 5.91 Å². The molecule has 0 unspecified atom stereocenters. The molecule has 1 aromatic carbocycles. The first-order valence-electron chi connectivity index (χ1n) is 6.78. The number of nitrogens with one attached hydrogen (secondary N) is 1. The lowest BCUT2D eigenvalue weighted by molar-refractivity contribution is -0.125. The second kappa shape index (κ2) is 6.57. The van der Waals surface area contributed by atoms with Crippen LogP contribution >= 0.6 is 0 Å². The Kier molecular flexibility index (Phi) is 5.36. The third-order valence-corrected chi connectivity index (χ3v) is 3.87. The molecule has 19 heavy (non-hydrogen) atoms. The summed E-state index contributed by atoms with van der Waals surface area (Å²) in [5.74, 6) is 0.0117. The number of carbonyl (C=O) groups excluding carboxylic acids is 1. The van der Waals surface area contributed by atoms with E-state index >= 15 is 0 Å². The molecule has 0 radical (unpaired) electrons. The smallest absolute Gasteiger partial charge is 0.231 e. The van der Waals surface area contributed by atoms with Crippen molar-refractivity contribution in [3.05, 3.63) is 24.3 Å². The lowest BCUT2D eigenvalue weighted by atomic mass is 9.81. The number of amides is 1. The highest BCUT2D eigenvalue weighted by Crippen LogP contribution is 2.27. The van der Waals surface area contributed by atoms with Crippen molar-refractivity contribution in [3.8, 4) is 0 Å². The molecule has 0 aliphatic heterocycles. The Labute approximate surface area is 116 Å². The minimum absolute atomic E-state index is 0.0117. The minimum atomic E-state index is -0.458. The van der Waals surface area contributed by atoms with E-state index in [1.165, 1.54) is 0 Å². The molecule has 106 valence electrons. The van der Waals surface area contributed by atoms with Gasteiger partial charge in [-0.05, 0) is 37.1 Å². The molecule has 0 saturated carbocycles. The summed E-state index contributed by atoms with van der Waals surface area (Å²) in [6.07, 6.45) is 1.50. The fourth-order valence-corrected chi connectivity index (χ4v) is 2.06. The summed E-state index contributed by atoms with van der Waals surface area (Å²) in [4.78, 5) is 14.4. The maximum absolute atomic E-state index is 12.3. The zero-order chi connectivity index (χ0) is 14.5. The van der Waals surface area contributed by atoms with Gasteiger partial charge in [-0.3, -0.25) is 4.79 Å². The molecule has 4 heteroatoms. The fourth-order valence-electron chi connectivity index (χ4n) is 2.06. The number of carbonyl (C=O) groups is 1. The second-order valence-corrected chi connectivity index (χ2v) is 5.09. The van der Waals surface area contributed by atoms with Gasteiger partial charge < -0.3 is 16.0 Å². The van der Waals surface area contributed by atoms with Crippen LogP contribution in [0, 0.1) is 5.41 Å². The summed E-state index contributed by atoms with van der Waals surface area (Å²) in [6, 6.07) is 7.80. The highest BCUT2D eigenvalue weighted by molar-refractivity contribution is 5.95. The first kappa shape index (κ1) is 15.5. The van der Waals surface area contributed by atoms with Gasteiger partial charge in [0.25, 0.3) is 0 Å². The monoisotopic (exact) mass is 263 g/mol. The van der Waals surface area contributed by atoms with E-state index in [2.05, 4.69) is 5.32 Å². The number of hydrogen-bond donors (Lipinski definition) is 2. The number of nitrogens with zero attached hydrogens (tertiary/aromatic N) is 1. The van der Waals surface area contributed by atoms with E-state index in [9.17, 15) is 4.79 Å². The normalized spacial score (nSPS) is 11.2. The molecule has 1 aromatic rings. The van der Waals surface area contributed by atoms with Crippen LogP contribution in [-0.2, 0) is 4.79 Å². The van der Waals surface area contributed by atoms with Crippen molar-refractivity contribution in [3.63, 3.8) is 0 Å². The maximum atomic E-state index is 12.3. The topological polar surface area (TPSA) is 58.4 Å². The number of hydrogen-bond acceptors (Lipinski definition) is 3. The van der Waals surface area contributed by atoms with Crippen LogP contribution < -0.4 is 16.0 Å². The third-order valence-electron chi connectivity index (χ3n) is 3.87. The number of nitrogens with two attached hydrogens (primary N) is 1. The Hall–Kier alpha value is -1.55. The zero-order valence-corrected chi connectivity index (χ0v) is 12.4. The molecule has 0 heterocycles. The first-order chi connectivity index (χ1) is 8.99. The van der Waals surface area contributed by atoms with Gasteiger partial charge in [-0.15, -0.1) is 0 Å². The van der Waals surface area contributed by atoms with Gasteiger partial charge in [0.1, 0.15) is 0 Å². The lowest BCUT2D eigenvalue weighted by Gasteiger charge is -2.28. The Morgan fingerprint density at radius 1 is 1.21 bits per heavy atom. The van der Waals surface area contributed by atoms with Crippen LogP contribution in [0.3, 0.4) is 0 Å². The standard InChI is InChI=1S/C15H25N3O/c1-5-15(6-2,11-16)14(19)17-12-7-9-13(10-8-12)18(3)4/h7-10H,5-6,11,16H2,1-4H3,(H,17,19). The van der Waals surface area contributed by atoms with Gasteiger partial charge in [-0.25, -0.2) is 0 Å². The molecule has 0 saturated heterocycles. The molecule has 0 atom stereocenters. The van der Waals surface area contributed by atoms with Crippen LogP contribution in [-0.4, -0.2) is 26.5 Å². The van der Waals surface area contributed by atoms with Gasteiger partial charge in [0.15, 0.2) is 0 Å². The third kappa shape index (κ3) is 3.47. The molecule has 3 N–H and O–H groups in total. The van der Waals surface area contributed by atoms with Crippen LogP contribution in [0.15, 0.2) is 24.3 Å². The van der Waals surface area contributed by atoms with E-state index in [1.807, 2.05) is 57.1 Å². The van der Waals surface area contributed by atoms with E-state index in [0.717, 1.165) is 24.2 Å². The minimum Gasteiger partial charge on any atom is -0.378 e. The molecular formula is C15H25N3O. The second-order valence-electron chi connectivity index (χ2n) is 5.09. The predicted molar refractivity (Wildman–Crippen MR) is 81.5 cm³/mol. The highest BCUT2D eigenvalue weighted by atomic mass is 16.2. The molecule has 0 fully saturated rings. The van der Waals surface area contributed by atoms with Crippen molar-refractivity contribution in [1.29, 1.82) is 0 Å². The van der Waals surface area contributed by atoms with Crippen molar-refractivity contribution in [1.82, 2.24) is 0 Å². The summed E-state index contributed by atoms with van der Waals surface area (Å²) in [5, 5.41) is 2.96. The number of benzene rings is 1. The molecular weight excluding hydrogens is 238 g/mol. The molecule has 4 nitrogen and oxygen atoms in total. The molecule has 0 aliphatic rings. The molecule has 0 spiro atoms. The Morgan fingerprint density at radius 3 is 2.11 bits per heavy atom. The van der Waals surface area contributed by atoms with Crippen molar-refractivity contribution in [2.24, 2.45) is 11.1 Å². The van der Waals surface area contributed by atoms with Gasteiger partial charge in [0.05, 0.1) is 5.41 Å². The van der Waals surface area contributed by atoms with Crippen molar-refractivity contribution in [2.75, 3.05) is 30.9 Å². The zero-order valence-electron chi connectivity index (χ0n) is 12.4. The summed E-state index contributed by atoms with van der Waals surface area (Å²) in [5.41, 5.74) is 7.24. The van der Waals surface area contributed by atoms with Crippen LogP contribution in [0.2, 0.25) is 0 Å². The largest absolute Gasteiger partial charge is 0.378 e. The van der Waals surface area contributed by atoms with Gasteiger partial charge in [-0.2, -0.15) is 0 Å². The average Bonchev–Trinajstić information content (AvgIpc) is 2.42. The van der Waals surface area contributed by atoms with Crippen LogP contribution in [0.25, 0.3) is 0 Å². The molecule has 1 rings (SSSR count). The highest BCUT2D eigenvalue weighted by Gasteiger charge is 2.33. The lowest BCUT2D eigenvalue weighted by Crippen LogP contribution is -2.41. The number of rotatable bonds is 6. The Bertz CT molecular complexity index is 400. The first-order valence-corrected chi connectivity index (χ1v) is 6.78. The van der Waals surface area contributed by atoms with Gasteiger partial charge in [-0.1, -0.05) is 13.8 Å². The quantitative estimate of drug-likeness (QED) is 0.829. The molecule has 0 bridgehead atoms. The summed E-state index contributed by atoms with van der Waals surface area (Å²) in [6.45, 7) is 4.39. The van der Waals surface area contributed by atoms with E-state index < -0.39 is 5.41 Å². The predicted octanol–water partition coefficient (Wildman–Crippen LogP) is 2.46. The molecule has 1 amide bonds. The van der Waals surface area contributed by atoms with Crippen LogP contribution in [0.5, 0.6) is 0 Å². The van der Waals surface area contributed by atoms with E-state index in [0.29, 0.717) is 6.54 Å². The van der Waals surface area contributed by atoms with Crippen LogP contribution in [0.4, 0.5) is 11.4 Å². The summed E-state index contributed by atoms with van der Waals surface area (Å²) >= 11 is 0. The number of anilines is 2. The van der Waals surface area contributed by atoms with E-state index in [1.54, 1.807) is 0 Å². The van der Waals surface area contributed by atoms with E-state index in [4.69, 9.17) is 5.73 Å². The maximum Gasteiger partial charge on any atom is 0.231 e. The Balaban J connectivity index is 2.81. The fraction of sp³-hybridized carbons (Fsp3) is 0.533. The van der Waals surface area contributed by atoms with Crippen molar-refractivity contribution < 1.29 is 4.79 Å². The van der Waals surface area contributed by atoms with Crippen molar-refractivity contribution in [2.45, 2.75) is 26.7 Å². The van der Waals surface area contributed by atoms with Gasteiger partial charge >= 0.3 is 0 Å². The average molecular weight is 263 g/mol. The van der Waals surface area contributed by atoms with Crippen molar-refractivity contribution >= 4 is 17.3 Å². The summed E-state index contributed by atoms with van der Waals surface area (Å²) in [7, 11) is 3.97. The van der Waals surface area contributed by atoms with Gasteiger partial charge in [0.2, 0.25) is 5.91 Å². The Morgan fingerprint density at radius 2 is 1.74 bits per heavy atom. The molecule has 0 aromatic heterocycles.